The fraction of sp³-hybridized carbons (Fsp3) is 0.286. The summed E-state index contributed by atoms with van der Waals surface area (Å²) in [4.78, 5) is 1.16. The van der Waals surface area contributed by atoms with Crippen LogP contribution in [0, 0.1) is 0 Å². The lowest BCUT2D eigenvalue weighted by molar-refractivity contribution is 0.0359. The Bertz CT molecular complexity index is 536. The fourth-order valence-electron chi connectivity index (χ4n) is 1.59. The molecule has 108 valence electrons. The molecule has 2 aromatic rings. The van der Waals surface area contributed by atoms with Crippen LogP contribution in [-0.4, -0.2) is 24.4 Å². The molecule has 0 aliphatic carbocycles. The van der Waals surface area contributed by atoms with Crippen LogP contribution in [0.25, 0.3) is 0 Å². The first-order valence-electron chi connectivity index (χ1n) is 6.12. The highest BCUT2D eigenvalue weighted by Crippen LogP contribution is 2.25. The van der Waals surface area contributed by atoms with E-state index in [1.807, 2.05) is 29.6 Å². The zero-order valence-corrected chi connectivity index (χ0v) is 13.8. The second kappa shape index (κ2) is 8.00. The lowest BCUT2D eigenvalue weighted by atomic mass is 10.3. The average molecular weight is 377 g/mol. The van der Waals surface area contributed by atoms with E-state index in [-0.39, 0.29) is 0 Å². The van der Waals surface area contributed by atoms with Gasteiger partial charge in [0, 0.05) is 21.6 Å². The second-order valence-corrected chi connectivity index (χ2v) is 6.55. The van der Waals surface area contributed by atoms with Crippen LogP contribution < -0.4 is 5.32 Å². The second-order valence-electron chi connectivity index (χ2n) is 4.26. The summed E-state index contributed by atoms with van der Waals surface area (Å²) in [5.41, 5.74) is 0.901. The van der Waals surface area contributed by atoms with Gasteiger partial charge in [-0.3, -0.25) is 0 Å². The maximum atomic E-state index is 9.84. The standard InChI is InChI=1S/C14H15BrClNO2S/c15-13-6-10(3-4-14(13)16)17-7-11(18)8-19-9-12-2-1-5-20-12/h1-6,11,17-18H,7-9H2. The third kappa shape index (κ3) is 5.07. The van der Waals surface area contributed by atoms with Crippen molar-refractivity contribution < 1.29 is 9.84 Å². The molecule has 1 aromatic carbocycles. The fourth-order valence-corrected chi connectivity index (χ4v) is 2.73. The summed E-state index contributed by atoms with van der Waals surface area (Å²) in [6.07, 6.45) is -0.551. The Hall–Kier alpha value is -0.590. The van der Waals surface area contributed by atoms with Crippen LogP contribution in [0.2, 0.25) is 5.02 Å². The molecular weight excluding hydrogens is 362 g/mol. The number of hydrogen-bond acceptors (Lipinski definition) is 4. The average Bonchev–Trinajstić information content (AvgIpc) is 2.93. The third-order valence-corrected chi connectivity index (χ3v) is 4.66. The summed E-state index contributed by atoms with van der Waals surface area (Å²) in [7, 11) is 0. The van der Waals surface area contributed by atoms with Crippen LogP contribution in [0.1, 0.15) is 4.88 Å². The van der Waals surface area contributed by atoms with E-state index in [0.29, 0.717) is 24.8 Å². The number of rotatable bonds is 7. The Morgan fingerprint density at radius 1 is 1.40 bits per heavy atom. The summed E-state index contributed by atoms with van der Waals surface area (Å²) in [5, 5.41) is 15.7. The van der Waals surface area contributed by atoms with Gasteiger partial charge in [0.05, 0.1) is 24.3 Å². The van der Waals surface area contributed by atoms with Gasteiger partial charge in [0.2, 0.25) is 0 Å². The Labute approximate surface area is 135 Å². The Morgan fingerprint density at radius 2 is 2.25 bits per heavy atom. The third-order valence-electron chi connectivity index (χ3n) is 2.60. The van der Waals surface area contributed by atoms with Crippen LogP contribution in [0.3, 0.4) is 0 Å². The zero-order valence-electron chi connectivity index (χ0n) is 10.7. The van der Waals surface area contributed by atoms with E-state index in [1.54, 1.807) is 17.4 Å². The number of aliphatic hydroxyl groups is 1. The smallest absolute Gasteiger partial charge is 0.0945 e. The molecule has 0 spiro atoms. The molecule has 1 atom stereocenters. The van der Waals surface area contributed by atoms with Crippen molar-refractivity contribution in [3.63, 3.8) is 0 Å². The van der Waals surface area contributed by atoms with Gasteiger partial charge in [-0.15, -0.1) is 11.3 Å². The van der Waals surface area contributed by atoms with Crippen molar-refractivity contribution in [1.29, 1.82) is 0 Å². The molecule has 20 heavy (non-hydrogen) atoms. The van der Waals surface area contributed by atoms with Crippen molar-refractivity contribution in [1.82, 2.24) is 0 Å². The lowest BCUT2D eigenvalue weighted by Crippen LogP contribution is -2.24. The zero-order chi connectivity index (χ0) is 14.4. The number of benzene rings is 1. The lowest BCUT2D eigenvalue weighted by Gasteiger charge is -2.13. The molecule has 0 amide bonds. The number of nitrogens with one attached hydrogen (secondary N) is 1. The highest BCUT2D eigenvalue weighted by molar-refractivity contribution is 9.10. The molecule has 1 unspecified atom stereocenters. The van der Waals surface area contributed by atoms with E-state index in [2.05, 4.69) is 21.2 Å². The van der Waals surface area contributed by atoms with Gasteiger partial charge < -0.3 is 15.2 Å². The van der Waals surface area contributed by atoms with Gasteiger partial charge in [-0.2, -0.15) is 0 Å². The van der Waals surface area contributed by atoms with Gasteiger partial charge in [0.15, 0.2) is 0 Å². The molecule has 0 saturated heterocycles. The number of aliphatic hydroxyl groups excluding tert-OH is 1. The predicted molar refractivity (Wildman–Crippen MR) is 87.6 cm³/mol. The minimum atomic E-state index is -0.551. The van der Waals surface area contributed by atoms with Gasteiger partial charge in [0.25, 0.3) is 0 Å². The first-order chi connectivity index (χ1) is 9.65. The number of anilines is 1. The van der Waals surface area contributed by atoms with Crippen LogP contribution in [0.4, 0.5) is 5.69 Å². The van der Waals surface area contributed by atoms with E-state index in [9.17, 15) is 5.11 Å². The molecule has 0 aliphatic rings. The number of ether oxygens (including phenoxy) is 1. The van der Waals surface area contributed by atoms with Gasteiger partial charge in [-0.1, -0.05) is 17.7 Å². The maximum Gasteiger partial charge on any atom is 0.0945 e. The molecule has 0 fully saturated rings. The summed E-state index contributed by atoms with van der Waals surface area (Å²) < 4.78 is 6.29. The first-order valence-corrected chi connectivity index (χ1v) is 8.17. The maximum absolute atomic E-state index is 9.84. The SMILES string of the molecule is OC(CNc1ccc(Cl)c(Br)c1)COCc1cccs1. The summed E-state index contributed by atoms with van der Waals surface area (Å²) in [6.45, 7) is 1.28. The van der Waals surface area contributed by atoms with E-state index in [1.165, 1.54) is 0 Å². The number of thiophene rings is 1. The van der Waals surface area contributed by atoms with Crippen LogP contribution in [-0.2, 0) is 11.3 Å². The number of hydrogen-bond donors (Lipinski definition) is 2. The summed E-state index contributed by atoms with van der Waals surface area (Å²) in [6, 6.07) is 9.54. The number of halogens is 2. The van der Waals surface area contributed by atoms with Gasteiger partial charge in [-0.25, -0.2) is 0 Å². The first kappa shape index (κ1) is 15.8. The molecule has 0 saturated carbocycles. The summed E-state index contributed by atoms with van der Waals surface area (Å²) in [5.74, 6) is 0. The molecule has 0 radical (unpaired) electrons. The van der Waals surface area contributed by atoms with Crippen molar-refractivity contribution in [2.45, 2.75) is 12.7 Å². The molecule has 2 N–H and O–H groups in total. The largest absolute Gasteiger partial charge is 0.389 e. The van der Waals surface area contributed by atoms with Crippen molar-refractivity contribution in [2.24, 2.45) is 0 Å². The predicted octanol–water partition coefficient (Wildman–Crippen LogP) is 4.15. The molecule has 2 rings (SSSR count). The van der Waals surface area contributed by atoms with Crippen LogP contribution >= 0.6 is 38.9 Å². The van der Waals surface area contributed by atoms with Crippen LogP contribution in [0.5, 0.6) is 0 Å². The molecule has 1 heterocycles. The Balaban J connectivity index is 1.69. The van der Waals surface area contributed by atoms with Gasteiger partial charge in [0.1, 0.15) is 0 Å². The van der Waals surface area contributed by atoms with Gasteiger partial charge >= 0.3 is 0 Å². The molecule has 3 nitrogen and oxygen atoms in total. The van der Waals surface area contributed by atoms with Crippen molar-refractivity contribution in [3.05, 3.63) is 50.1 Å². The van der Waals surface area contributed by atoms with Crippen molar-refractivity contribution in [2.75, 3.05) is 18.5 Å². The molecule has 6 heteroatoms. The van der Waals surface area contributed by atoms with E-state index >= 15 is 0 Å². The molecule has 0 bridgehead atoms. The Morgan fingerprint density at radius 3 is 2.95 bits per heavy atom. The highest BCUT2D eigenvalue weighted by Gasteiger charge is 2.05. The molecule has 0 aliphatic heterocycles. The molecular formula is C14H15BrClNO2S. The quantitative estimate of drug-likeness (QED) is 0.762. The summed E-state index contributed by atoms with van der Waals surface area (Å²) >= 11 is 10.9. The Kier molecular flexibility index (Phi) is 6.32. The minimum Gasteiger partial charge on any atom is -0.389 e. The van der Waals surface area contributed by atoms with Crippen molar-refractivity contribution >= 4 is 44.6 Å². The van der Waals surface area contributed by atoms with Crippen molar-refractivity contribution in [3.8, 4) is 0 Å². The molecule has 1 aromatic heterocycles. The van der Waals surface area contributed by atoms with E-state index < -0.39 is 6.10 Å². The van der Waals surface area contributed by atoms with Gasteiger partial charge in [-0.05, 0) is 45.6 Å². The van der Waals surface area contributed by atoms with Crippen LogP contribution in [0.15, 0.2) is 40.2 Å². The van der Waals surface area contributed by atoms with E-state index in [0.717, 1.165) is 15.0 Å². The normalized spacial score (nSPS) is 12.3. The highest BCUT2D eigenvalue weighted by atomic mass is 79.9. The monoisotopic (exact) mass is 375 g/mol. The topological polar surface area (TPSA) is 41.5 Å². The van der Waals surface area contributed by atoms with E-state index in [4.69, 9.17) is 16.3 Å². The minimum absolute atomic E-state index is 0.305.